The lowest BCUT2D eigenvalue weighted by Crippen LogP contribution is -1.99. The summed E-state index contributed by atoms with van der Waals surface area (Å²) in [6.45, 7) is 6.89. The fraction of sp³-hybridized carbons (Fsp3) is 1.00. The molecule has 0 aliphatic carbocycles. The third-order valence-corrected chi connectivity index (χ3v) is 0.500. The number of nitrogens with two attached hydrogens (primary N) is 1. The van der Waals surface area contributed by atoms with E-state index in [1.54, 1.807) is 0 Å². The van der Waals surface area contributed by atoms with Gasteiger partial charge in [-0.2, -0.15) is 0 Å². The summed E-state index contributed by atoms with van der Waals surface area (Å²) in [6, 6.07) is 0. The van der Waals surface area contributed by atoms with Crippen LogP contribution < -0.4 is 5.73 Å². The molecule has 0 aromatic heterocycles. The molecule has 0 bridgehead atoms. The van der Waals surface area contributed by atoms with Crippen molar-refractivity contribution in [1.82, 2.24) is 0 Å². The Labute approximate surface area is 52.0 Å². The first-order chi connectivity index (χ1) is 3.77. The van der Waals surface area contributed by atoms with Crippen molar-refractivity contribution in [3.8, 4) is 0 Å². The summed E-state index contributed by atoms with van der Waals surface area (Å²) in [5, 5.41) is 0. The van der Waals surface area contributed by atoms with E-state index in [0.717, 1.165) is 6.61 Å². The molecule has 0 unspecified atom stereocenters. The third-order valence-electron chi connectivity index (χ3n) is 0.500. The van der Waals surface area contributed by atoms with Crippen LogP contribution in [0, 0.1) is 0 Å². The van der Waals surface area contributed by atoms with Crippen LogP contribution in [0.4, 0.5) is 0 Å². The van der Waals surface area contributed by atoms with Crippen molar-refractivity contribution < 1.29 is 4.74 Å². The molecule has 2 heteroatoms. The molecule has 2 nitrogen and oxygen atoms in total. The molecule has 0 spiro atoms. The molecule has 0 rings (SSSR count). The zero-order chi connectivity index (χ0) is 6.99. The molecule has 0 radical (unpaired) electrons. The van der Waals surface area contributed by atoms with Gasteiger partial charge in [0.25, 0.3) is 0 Å². The fourth-order valence-electron chi connectivity index (χ4n) is 0.333. The Bertz CT molecular complexity index is 29.7. The topological polar surface area (TPSA) is 35.2 Å². The predicted molar refractivity (Wildman–Crippen MR) is 36.9 cm³/mol. The van der Waals surface area contributed by atoms with Crippen molar-refractivity contribution in [2.24, 2.45) is 5.73 Å². The highest BCUT2D eigenvalue weighted by molar-refractivity contribution is 4.30. The molecule has 0 aromatic rings. The normalized spacial score (nSPS) is 8.25. The Balaban J connectivity index is 0. The average molecular weight is 119 g/mol. The summed E-state index contributed by atoms with van der Waals surface area (Å²) in [6.07, 6.45) is 0.398. The maximum Gasteiger partial charge on any atom is 0.0518 e. The van der Waals surface area contributed by atoms with Crippen molar-refractivity contribution in [2.75, 3.05) is 13.7 Å². The molecular formula is C6H17NO. The standard InChI is InChI=1S/C5H12O.CH5N/c1-4-6-5(2)3;1-2/h5H,4H2,1-3H3;2H2,1H3. The minimum absolute atomic E-state index is 0.398. The zero-order valence-electron chi connectivity index (χ0n) is 6.27. The fourth-order valence-corrected chi connectivity index (χ4v) is 0.333. The summed E-state index contributed by atoms with van der Waals surface area (Å²) in [7, 11) is 1.50. The highest BCUT2D eigenvalue weighted by Crippen LogP contribution is 1.83. The van der Waals surface area contributed by atoms with E-state index in [1.807, 2.05) is 20.8 Å². The highest BCUT2D eigenvalue weighted by atomic mass is 16.5. The largest absolute Gasteiger partial charge is 0.379 e. The van der Waals surface area contributed by atoms with Gasteiger partial charge >= 0.3 is 0 Å². The van der Waals surface area contributed by atoms with Crippen LogP contribution in [0.1, 0.15) is 20.8 Å². The van der Waals surface area contributed by atoms with Gasteiger partial charge in [-0.3, -0.25) is 0 Å². The summed E-state index contributed by atoms with van der Waals surface area (Å²) < 4.78 is 5.04. The first-order valence-electron chi connectivity index (χ1n) is 2.96. The molecular weight excluding hydrogens is 102 g/mol. The number of rotatable bonds is 2. The lowest BCUT2D eigenvalue weighted by atomic mass is 10.5. The quantitative estimate of drug-likeness (QED) is 0.588. The first-order valence-corrected chi connectivity index (χ1v) is 2.96. The average Bonchev–Trinajstić information content (AvgIpc) is 1.72. The van der Waals surface area contributed by atoms with Crippen LogP contribution in [0.2, 0.25) is 0 Å². The number of ether oxygens (including phenoxy) is 1. The molecule has 0 heterocycles. The van der Waals surface area contributed by atoms with E-state index in [1.165, 1.54) is 7.05 Å². The number of hydrogen-bond acceptors (Lipinski definition) is 2. The molecule has 0 saturated carbocycles. The van der Waals surface area contributed by atoms with Gasteiger partial charge in [0.05, 0.1) is 6.10 Å². The van der Waals surface area contributed by atoms with Crippen molar-refractivity contribution in [3.05, 3.63) is 0 Å². The van der Waals surface area contributed by atoms with Gasteiger partial charge in [-0.05, 0) is 27.8 Å². The molecule has 8 heavy (non-hydrogen) atoms. The lowest BCUT2D eigenvalue weighted by Gasteiger charge is -2.00. The van der Waals surface area contributed by atoms with E-state index in [9.17, 15) is 0 Å². The zero-order valence-corrected chi connectivity index (χ0v) is 6.27. The summed E-state index contributed by atoms with van der Waals surface area (Å²) in [5.74, 6) is 0. The molecule has 0 fully saturated rings. The third kappa shape index (κ3) is 16.8. The summed E-state index contributed by atoms with van der Waals surface area (Å²) >= 11 is 0. The minimum Gasteiger partial charge on any atom is -0.379 e. The molecule has 2 N–H and O–H groups in total. The first kappa shape index (κ1) is 10.8. The molecule has 0 saturated heterocycles. The molecule has 0 atom stereocenters. The van der Waals surface area contributed by atoms with Crippen molar-refractivity contribution in [1.29, 1.82) is 0 Å². The van der Waals surface area contributed by atoms with E-state index in [-0.39, 0.29) is 0 Å². The van der Waals surface area contributed by atoms with Gasteiger partial charge in [0.15, 0.2) is 0 Å². The van der Waals surface area contributed by atoms with Gasteiger partial charge in [0.1, 0.15) is 0 Å². The predicted octanol–water partition coefficient (Wildman–Crippen LogP) is 1.01. The van der Waals surface area contributed by atoms with Crippen LogP contribution in [-0.4, -0.2) is 19.8 Å². The second kappa shape index (κ2) is 10.0. The smallest absolute Gasteiger partial charge is 0.0518 e. The van der Waals surface area contributed by atoms with Crippen LogP contribution in [0.3, 0.4) is 0 Å². The summed E-state index contributed by atoms with van der Waals surface area (Å²) in [5.41, 5.74) is 4.50. The minimum atomic E-state index is 0.398. The Morgan fingerprint density at radius 3 is 1.75 bits per heavy atom. The monoisotopic (exact) mass is 119 g/mol. The van der Waals surface area contributed by atoms with Gasteiger partial charge in [-0.1, -0.05) is 0 Å². The molecule has 0 aliphatic heterocycles. The van der Waals surface area contributed by atoms with Gasteiger partial charge in [0, 0.05) is 6.61 Å². The van der Waals surface area contributed by atoms with Crippen LogP contribution in [0.5, 0.6) is 0 Å². The van der Waals surface area contributed by atoms with Gasteiger partial charge in [-0.25, -0.2) is 0 Å². The van der Waals surface area contributed by atoms with E-state index in [2.05, 4.69) is 5.73 Å². The molecule has 0 aromatic carbocycles. The SMILES string of the molecule is CCOC(C)C.CN. The van der Waals surface area contributed by atoms with Crippen molar-refractivity contribution in [2.45, 2.75) is 26.9 Å². The Morgan fingerprint density at radius 2 is 1.75 bits per heavy atom. The van der Waals surface area contributed by atoms with Gasteiger partial charge in [-0.15, -0.1) is 0 Å². The summed E-state index contributed by atoms with van der Waals surface area (Å²) in [4.78, 5) is 0. The van der Waals surface area contributed by atoms with Gasteiger partial charge < -0.3 is 10.5 Å². The van der Waals surface area contributed by atoms with Gasteiger partial charge in [0.2, 0.25) is 0 Å². The Kier molecular flexibility index (Phi) is 13.6. The van der Waals surface area contributed by atoms with E-state index < -0.39 is 0 Å². The van der Waals surface area contributed by atoms with Crippen LogP contribution in [-0.2, 0) is 4.74 Å². The Hall–Kier alpha value is -0.0800. The highest BCUT2D eigenvalue weighted by Gasteiger charge is 1.83. The second-order valence-corrected chi connectivity index (χ2v) is 1.50. The van der Waals surface area contributed by atoms with E-state index in [0.29, 0.717) is 6.10 Å². The van der Waals surface area contributed by atoms with E-state index in [4.69, 9.17) is 4.74 Å². The Morgan fingerprint density at radius 1 is 1.38 bits per heavy atom. The number of hydrogen-bond donors (Lipinski definition) is 1. The molecule has 0 amide bonds. The van der Waals surface area contributed by atoms with Crippen molar-refractivity contribution in [3.63, 3.8) is 0 Å². The van der Waals surface area contributed by atoms with Crippen LogP contribution in [0.25, 0.3) is 0 Å². The maximum atomic E-state index is 5.04. The second-order valence-electron chi connectivity index (χ2n) is 1.50. The van der Waals surface area contributed by atoms with E-state index >= 15 is 0 Å². The lowest BCUT2D eigenvalue weighted by molar-refractivity contribution is 0.0899. The van der Waals surface area contributed by atoms with Crippen LogP contribution in [0.15, 0.2) is 0 Å². The van der Waals surface area contributed by atoms with Crippen molar-refractivity contribution >= 4 is 0 Å². The van der Waals surface area contributed by atoms with Crippen LogP contribution >= 0.6 is 0 Å². The molecule has 0 aliphatic rings. The maximum absolute atomic E-state index is 5.04. The molecule has 52 valence electrons.